The van der Waals surface area contributed by atoms with Crippen molar-refractivity contribution >= 4 is 53.9 Å². The quantitative estimate of drug-likeness (QED) is 0.191. The minimum Gasteiger partial charge on any atom is -0.235 e. The summed E-state index contributed by atoms with van der Waals surface area (Å²) in [6.07, 6.45) is 0. The summed E-state index contributed by atoms with van der Waals surface area (Å²) in [5.41, 5.74) is 7.13. The number of hydrogen-bond acceptors (Lipinski definition) is 4. The Hall–Kier alpha value is -5.71. The van der Waals surface area contributed by atoms with Crippen LogP contribution in [0.5, 0.6) is 0 Å². The van der Waals surface area contributed by atoms with E-state index in [1.165, 1.54) is 31.6 Å². The Morgan fingerprint density at radius 3 is 1.76 bits per heavy atom. The highest BCUT2D eigenvalue weighted by molar-refractivity contribution is 7.21. The van der Waals surface area contributed by atoms with Gasteiger partial charge in [-0.1, -0.05) is 127 Å². The zero-order chi connectivity index (χ0) is 29.7. The maximum Gasteiger partial charge on any atom is 0.160 e. The molecule has 9 rings (SSSR count). The molecule has 0 saturated heterocycles. The van der Waals surface area contributed by atoms with Crippen molar-refractivity contribution in [2.24, 2.45) is 0 Å². The van der Waals surface area contributed by atoms with Crippen molar-refractivity contribution in [2.45, 2.75) is 0 Å². The molecule has 0 amide bonds. The minimum atomic E-state index is 0.711. The largest absolute Gasteiger partial charge is 0.235 e. The second-order valence-electron chi connectivity index (χ2n) is 11.3. The molecule has 0 aliphatic heterocycles. The Kier molecular flexibility index (Phi) is 6.00. The van der Waals surface area contributed by atoms with Crippen LogP contribution in [0.2, 0.25) is 0 Å². The van der Waals surface area contributed by atoms with Gasteiger partial charge in [-0.25, -0.2) is 15.0 Å². The van der Waals surface area contributed by atoms with Gasteiger partial charge in [-0.15, -0.1) is 11.3 Å². The molecule has 4 heteroatoms. The van der Waals surface area contributed by atoms with Gasteiger partial charge in [0.15, 0.2) is 5.82 Å². The van der Waals surface area contributed by atoms with E-state index in [0.29, 0.717) is 5.82 Å². The standard InChI is InChI=1S/C41H25N3S/c1-3-10-27(11-4-1)35-25-36(28-12-5-2-6-13-28)43-40(42-35)32-19-21-34-31(24-32)17-16-29-20-22-37-39(38(29)34)44-41(45-37)33-18-15-26-9-7-8-14-30(26)23-33/h1-25H. The lowest BCUT2D eigenvalue weighted by molar-refractivity contribution is 1.18. The van der Waals surface area contributed by atoms with Crippen molar-refractivity contribution in [1.29, 1.82) is 0 Å². The van der Waals surface area contributed by atoms with Crippen LogP contribution in [0.15, 0.2) is 152 Å². The molecule has 0 aliphatic rings. The third-order valence-electron chi connectivity index (χ3n) is 8.48. The van der Waals surface area contributed by atoms with Gasteiger partial charge in [-0.2, -0.15) is 0 Å². The number of thiazole rings is 1. The predicted molar refractivity (Wildman–Crippen MR) is 189 cm³/mol. The van der Waals surface area contributed by atoms with Crippen LogP contribution in [0, 0.1) is 0 Å². The average Bonchev–Trinajstić information content (AvgIpc) is 3.56. The number of benzene rings is 7. The van der Waals surface area contributed by atoms with E-state index in [4.69, 9.17) is 15.0 Å². The molecule has 9 aromatic rings. The van der Waals surface area contributed by atoms with Gasteiger partial charge in [-0.05, 0) is 51.2 Å². The van der Waals surface area contributed by atoms with Gasteiger partial charge in [0.1, 0.15) is 5.01 Å². The number of fused-ring (bicyclic) bond motifs is 6. The van der Waals surface area contributed by atoms with Crippen LogP contribution in [0.4, 0.5) is 0 Å². The first-order valence-corrected chi connectivity index (χ1v) is 15.8. The van der Waals surface area contributed by atoms with Crippen molar-refractivity contribution < 1.29 is 0 Å². The molecule has 3 nitrogen and oxygen atoms in total. The topological polar surface area (TPSA) is 38.7 Å². The summed E-state index contributed by atoms with van der Waals surface area (Å²) in [6, 6.07) is 53.2. The monoisotopic (exact) mass is 591 g/mol. The second kappa shape index (κ2) is 10.5. The third-order valence-corrected chi connectivity index (χ3v) is 9.55. The first kappa shape index (κ1) is 25.8. The Labute approximate surface area is 264 Å². The van der Waals surface area contributed by atoms with Crippen molar-refractivity contribution in [3.63, 3.8) is 0 Å². The Bertz CT molecular complexity index is 2480. The van der Waals surface area contributed by atoms with E-state index in [1.807, 2.05) is 36.4 Å². The van der Waals surface area contributed by atoms with Gasteiger partial charge in [-0.3, -0.25) is 0 Å². The van der Waals surface area contributed by atoms with Crippen LogP contribution in [0.3, 0.4) is 0 Å². The smallest absolute Gasteiger partial charge is 0.160 e. The Balaban J connectivity index is 1.20. The van der Waals surface area contributed by atoms with E-state index in [9.17, 15) is 0 Å². The highest BCUT2D eigenvalue weighted by atomic mass is 32.1. The van der Waals surface area contributed by atoms with E-state index < -0.39 is 0 Å². The molecule has 0 unspecified atom stereocenters. The zero-order valence-corrected chi connectivity index (χ0v) is 25.0. The lowest BCUT2D eigenvalue weighted by Crippen LogP contribution is -1.96. The molecular weight excluding hydrogens is 567 g/mol. The lowest BCUT2D eigenvalue weighted by atomic mass is 9.99. The van der Waals surface area contributed by atoms with E-state index >= 15 is 0 Å². The fourth-order valence-electron chi connectivity index (χ4n) is 6.21. The summed E-state index contributed by atoms with van der Waals surface area (Å²) in [7, 11) is 0. The molecule has 2 heterocycles. The van der Waals surface area contributed by atoms with Crippen LogP contribution in [-0.4, -0.2) is 15.0 Å². The first-order valence-electron chi connectivity index (χ1n) is 15.0. The number of rotatable bonds is 4. The molecule has 0 N–H and O–H groups in total. The summed E-state index contributed by atoms with van der Waals surface area (Å²) >= 11 is 1.75. The van der Waals surface area contributed by atoms with Crippen molar-refractivity contribution in [3.8, 4) is 44.5 Å². The summed E-state index contributed by atoms with van der Waals surface area (Å²) in [4.78, 5) is 15.3. The maximum atomic E-state index is 5.23. The molecule has 210 valence electrons. The first-order chi connectivity index (χ1) is 22.3. The lowest BCUT2D eigenvalue weighted by Gasteiger charge is -2.11. The molecule has 0 saturated carbocycles. The summed E-state index contributed by atoms with van der Waals surface area (Å²) in [5, 5.41) is 8.20. The number of aromatic nitrogens is 3. The second-order valence-corrected chi connectivity index (χ2v) is 12.3. The van der Waals surface area contributed by atoms with Crippen molar-refractivity contribution in [2.75, 3.05) is 0 Å². The molecule has 0 radical (unpaired) electrons. The molecule has 0 aliphatic carbocycles. The Morgan fingerprint density at radius 1 is 0.400 bits per heavy atom. The van der Waals surface area contributed by atoms with E-state index in [1.54, 1.807) is 11.3 Å². The molecule has 7 aromatic carbocycles. The summed E-state index contributed by atoms with van der Waals surface area (Å²) in [5.74, 6) is 0.711. The SMILES string of the molecule is c1ccc(-c2cc(-c3ccccc3)nc(-c3ccc4c(ccc5ccc6sc(-c7ccc8ccccc8c7)nc6c54)c3)n2)cc1. The van der Waals surface area contributed by atoms with E-state index in [0.717, 1.165) is 49.6 Å². The van der Waals surface area contributed by atoms with Crippen LogP contribution in [-0.2, 0) is 0 Å². The van der Waals surface area contributed by atoms with E-state index in [2.05, 4.69) is 115 Å². The number of hydrogen-bond donors (Lipinski definition) is 0. The van der Waals surface area contributed by atoms with Gasteiger partial charge < -0.3 is 0 Å². The third kappa shape index (κ3) is 4.55. The van der Waals surface area contributed by atoms with Crippen molar-refractivity contribution in [1.82, 2.24) is 15.0 Å². The van der Waals surface area contributed by atoms with Gasteiger partial charge in [0.05, 0.1) is 21.6 Å². The molecular formula is C41H25N3S. The fraction of sp³-hybridized carbons (Fsp3) is 0. The van der Waals surface area contributed by atoms with Gasteiger partial charge >= 0.3 is 0 Å². The van der Waals surface area contributed by atoms with Crippen molar-refractivity contribution in [3.05, 3.63) is 152 Å². The normalized spacial score (nSPS) is 11.6. The molecule has 45 heavy (non-hydrogen) atoms. The van der Waals surface area contributed by atoms with Crippen LogP contribution in [0.1, 0.15) is 0 Å². The van der Waals surface area contributed by atoms with Crippen LogP contribution in [0.25, 0.3) is 87.0 Å². The minimum absolute atomic E-state index is 0.711. The molecule has 0 spiro atoms. The highest BCUT2D eigenvalue weighted by Crippen LogP contribution is 2.39. The summed E-state index contributed by atoms with van der Waals surface area (Å²) in [6.45, 7) is 0. The highest BCUT2D eigenvalue weighted by Gasteiger charge is 2.15. The molecule has 0 fully saturated rings. The van der Waals surface area contributed by atoms with Gasteiger partial charge in [0.2, 0.25) is 0 Å². The Morgan fingerprint density at radius 2 is 1.00 bits per heavy atom. The van der Waals surface area contributed by atoms with Gasteiger partial charge in [0.25, 0.3) is 0 Å². The van der Waals surface area contributed by atoms with Crippen LogP contribution < -0.4 is 0 Å². The molecule has 2 aromatic heterocycles. The maximum absolute atomic E-state index is 5.23. The average molecular weight is 592 g/mol. The summed E-state index contributed by atoms with van der Waals surface area (Å²) < 4.78 is 1.19. The van der Waals surface area contributed by atoms with E-state index in [-0.39, 0.29) is 0 Å². The fourth-order valence-corrected chi connectivity index (χ4v) is 7.18. The number of nitrogens with zero attached hydrogens (tertiary/aromatic N) is 3. The van der Waals surface area contributed by atoms with Gasteiger partial charge in [0, 0.05) is 27.6 Å². The molecule has 0 atom stereocenters. The van der Waals surface area contributed by atoms with Crippen LogP contribution >= 0.6 is 11.3 Å². The predicted octanol–water partition coefficient (Wildman–Crippen LogP) is 11.2. The molecule has 0 bridgehead atoms. The zero-order valence-electron chi connectivity index (χ0n) is 24.2.